The van der Waals surface area contributed by atoms with Gasteiger partial charge in [-0.05, 0) is 37.2 Å². The molecule has 0 radical (unpaired) electrons. The lowest BCUT2D eigenvalue weighted by molar-refractivity contribution is -0.124. The molecule has 3 amide bonds. The van der Waals surface area contributed by atoms with E-state index < -0.39 is 0 Å². The summed E-state index contributed by atoms with van der Waals surface area (Å²) in [5.74, 6) is 0.0599. The van der Waals surface area contributed by atoms with E-state index in [4.69, 9.17) is 4.52 Å². The molecule has 0 atom stereocenters. The van der Waals surface area contributed by atoms with Crippen molar-refractivity contribution in [2.75, 3.05) is 13.1 Å². The molecule has 1 N–H and O–H groups in total. The van der Waals surface area contributed by atoms with Crippen molar-refractivity contribution >= 4 is 34.9 Å². The SMILES string of the molecule is Cc1noc(C)c1CC(=O)NCCN1C(=O)S/C(=C\c2ccccc2)C1=O. The maximum atomic E-state index is 12.4. The number of carbonyl (C=O) groups excluding carboxylic acids is 3. The summed E-state index contributed by atoms with van der Waals surface area (Å²) in [4.78, 5) is 38.1. The standard InChI is InChI=1S/C19H19N3O4S/c1-12-15(13(2)26-21-12)11-17(23)20-8-9-22-18(24)16(27-19(22)25)10-14-6-4-3-5-7-14/h3-7,10H,8-9,11H2,1-2H3,(H,20,23)/b16-10-. The fourth-order valence-corrected chi connectivity index (χ4v) is 3.54. The number of nitrogens with one attached hydrogen (secondary N) is 1. The van der Waals surface area contributed by atoms with Crippen LogP contribution in [0.15, 0.2) is 39.8 Å². The smallest absolute Gasteiger partial charge is 0.293 e. The van der Waals surface area contributed by atoms with Gasteiger partial charge in [0, 0.05) is 18.7 Å². The van der Waals surface area contributed by atoms with E-state index in [0.717, 1.165) is 27.8 Å². The first-order valence-corrected chi connectivity index (χ1v) is 9.26. The zero-order valence-corrected chi connectivity index (χ0v) is 15.8. The second-order valence-electron chi connectivity index (χ2n) is 6.07. The quantitative estimate of drug-likeness (QED) is 0.769. The Hall–Kier alpha value is -2.87. The van der Waals surface area contributed by atoms with Crippen molar-refractivity contribution in [3.8, 4) is 0 Å². The monoisotopic (exact) mass is 385 g/mol. The van der Waals surface area contributed by atoms with Crippen LogP contribution in [-0.4, -0.2) is 40.2 Å². The van der Waals surface area contributed by atoms with Crippen molar-refractivity contribution in [2.45, 2.75) is 20.3 Å². The number of aryl methyl sites for hydroxylation is 2. The molecule has 3 rings (SSSR count). The molecule has 1 saturated heterocycles. The number of thioether (sulfide) groups is 1. The van der Waals surface area contributed by atoms with Gasteiger partial charge in [0.2, 0.25) is 5.91 Å². The van der Waals surface area contributed by atoms with Gasteiger partial charge in [-0.25, -0.2) is 0 Å². The molecule has 0 unspecified atom stereocenters. The number of benzene rings is 1. The number of hydrogen-bond donors (Lipinski definition) is 1. The Morgan fingerprint density at radius 1 is 1.26 bits per heavy atom. The van der Waals surface area contributed by atoms with E-state index in [0.29, 0.717) is 16.4 Å². The maximum Gasteiger partial charge on any atom is 0.293 e. The highest BCUT2D eigenvalue weighted by Gasteiger charge is 2.34. The van der Waals surface area contributed by atoms with E-state index in [1.54, 1.807) is 19.9 Å². The summed E-state index contributed by atoms with van der Waals surface area (Å²) in [5.41, 5.74) is 2.29. The van der Waals surface area contributed by atoms with E-state index in [2.05, 4.69) is 10.5 Å². The van der Waals surface area contributed by atoms with Gasteiger partial charge < -0.3 is 9.84 Å². The summed E-state index contributed by atoms with van der Waals surface area (Å²) in [6.07, 6.45) is 1.85. The highest BCUT2D eigenvalue weighted by Crippen LogP contribution is 2.31. The lowest BCUT2D eigenvalue weighted by atomic mass is 10.1. The number of imide groups is 1. The van der Waals surface area contributed by atoms with E-state index >= 15 is 0 Å². The lowest BCUT2D eigenvalue weighted by Crippen LogP contribution is -2.37. The van der Waals surface area contributed by atoms with Crippen molar-refractivity contribution in [2.24, 2.45) is 0 Å². The first kappa shape index (κ1) is 18.9. The van der Waals surface area contributed by atoms with Gasteiger partial charge in [-0.1, -0.05) is 35.5 Å². The highest BCUT2D eigenvalue weighted by molar-refractivity contribution is 8.18. The number of carbonyl (C=O) groups is 3. The Morgan fingerprint density at radius 3 is 2.67 bits per heavy atom. The van der Waals surface area contributed by atoms with Gasteiger partial charge in [0.05, 0.1) is 17.0 Å². The first-order chi connectivity index (χ1) is 13.0. The normalized spacial score (nSPS) is 15.6. The molecule has 27 heavy (non-hydrogen) atoms. The molecule has 0 spiro atoms. The van der Waals surface area contributed by atoms with Crippen molar-refractivity contribution in [3.63, 3.8) is 0 Å². The van der Waals surface area contributed by atoms with Crippen LogP contribution in [0.2, 0.25) is 0 Å². The maximum absolute atomic E-state index is 12.4. The van der Waals surface area contributed by atoms with Crippen LogP contribution in [0.25, 0.3) is 6.08 Å². The van der Waals surface area contributed by atoms with Crippen LogP contribution in [0.3, 0.4) is 0 Å². The summed E-state index contributed by atoms with van der Waals surface area (Å²) < 4.78 is 5.03. The fraction of sp³-hybridized carbons (Fsp3) is 0.263. The van der Waals surface area contributed by atoms with Crippen LogP contribution in [-0.2, 0) is 16.0 Å². The molecule has 2 heterocycles. The predicted molar refractivity (Wildman–Crippen MR) is 102 cm³/mol. The Bertz CT molecular complexity index is 885. The minimum atomic E-state index is -0.339. The second-order valence-corrected chi connectivity index (χ2v) is 7.07. The van der Waals surface area contributed by atoms with E-state index in [1.165, 1.54) is 0 Å². The third-order valence-corrected chi connectivity index (χ3v) is 5.05. The Kier molecular flexibility index (Phi) is 5.75. The van der Waals surface area contributed by atoms with Gasteiger partial charge >= 0.3 is 0 Å². The molecule has 0 aliphatic carbocycles. The molecule has 7 nitrogen and oxygen atoms in total. The number of amides is 3. The number of nitrogens with zero attached hydrogens (tertiary/aromatic N) is 2. The lowest BCUT2D eigenvalue weighted by Gasteiger charge is -2.13. The van der Waals surface area contributed by atoms with E-state index in [-0.39, 0.29) is 36.6 Å². The van der Waals surface area contributed by atoms with Gasteiger partial charge in [0.25, 0.3) is 11.1 Å². The summed E-state index contributed by atoms with van der Waals surface area (Å²) in [7, 11) is 0. The molecular weight excluding hydrogens is 366 g/mol. The molecule has 0 bridgehead atoms. The largest absolute Gasteiger partial charge is 0.361 e. The molecule has 0 saturated carbocycles. The van der Waals surface area contributed by atoms with Crippen LogP contribution >= 0.6 is 11.8 Å². The van der Waals surface area contributed by atoms with Crippen LogP contribution in [0.1, 0.15) is 22.6 Å². The van der Waals surface area contributed by atoms with Crippen molar-refractivity contribution < 1.29 is 18.9 Å². The number of aromatic nitrogens is 1. The van der Waals surface area contributed by atoms with Crippen LogP contribution in [0.4, 0.5) is 4.79 Å². The fourth-order valence-electron chi connectivity index (χ4n) is 2.68. The minimum Gasteiger partial charge on any atom is -0.361 e. The van der Waals surface area contributed by atoms with Gasteiger partial charge in [0.1, 0.15) is 5.76 Å². The zero-order valence-electron chi connectivity index (χ0n) is 15.0. The number of hydrogen-bond acceptors (Lipinski definition) is 6. The average Bonchev–Trinajstić information content (AvgIpc) is 3.10. The van der Waals surface area contributed by atoms with Gasteiger partial charge in [0.15, 0.2) is 0 Å². The molecule has 8 heteroatoms. The summed E-state index contributed by atoms with van der Waals surface area (Å²) >= 11 is 0.908. The Morgan fingerprint density at radius 2 is 2.00 bits per heavy atom. The minimum absolute atomic E-state index is 0.129. The molecule has 1 aromatic heterocycles. The van der Waals surface area contributed by atoms with Gasteiger partial charge in [-0.3, -0.25) is 19.3 Å². The molecule has 1 aliphatic heterocycles. The zero-order chi connectivity index (χ0) is 19.4. The highest BCUT2D eigenvalue weighted by atomic mass is 32.2. The van der Waals surface area contributed by atoms with Crippen LogP contribution in [0, 0.1) is 13.8 Å². The molecule has 1 fully saturated rings. The average molecular weight is 385 g/mol. The van der Waals surface area contributed by atoms with Gasteiger partial charge in [-0.2, -0.15) is 0 Å². The van der Waals surface area contributed by atoms with Crippen LogP contribution in [0.5, 0.6) is 0 Å². The van der Waals surface area contributed by atoms with Crippen molar-refractivity contribution in [3.05, 3.63) is 57.8 Å². The summed E-state index contributed by atoms with van der Waals surface area (Å²) in [5, 5.41) is 6.21. The topological polar surface area (TPSA) is 92.5 Å². The summed E-state index contributed by atoms with van der Waals surface area (Å²) in [6, 6.07) is 9.34. The van der Waals surface area contributed by atoms with E-state index in [1.807, 2.05) is 30.3 Å². The molecule has 140 valence electrons. The predicted octanol–water partition coefficient (Wildman–Crippen LogP) is 2.69. The second kappa shape index (κ2) is 8.22. The Balaban J connectivity index is 1.54. The first-order valence-electron chi connectivity index (χ1n) is 8.44. The third kappa shape index (κ3) is 4.46. The third-order valence-electron chi connectivity index (χ3n) is 4.15. The van der Waals surface area contributed by atoms with E-state index in [9.17, 15) is 14.4 Å². The van der Waals surface area contributed by atoms with Crippen LogP contribution < -0.4 is 5.32 Å². The van der Waals surface area contributed by atoms with Gasteiger partial charge in [-0.15, -0.1) is 0 Å². The van der Waals surface area contributed by atoms with Crippen molar-refractivity contribution in [1.82, 2.24) is 15.4 Å². The molecule has 2 aromatic rings. The molecular formula is C19H19N3O4S. The summed E-state index contributed by atoms with van der Waals surface area (Å²) in [6.45, 7) is 3.85. The molecule has 1 aromatic carbocycles. The Labute approximate surface area is 160 Å². The van der Waals surface area contributed by atoms with Crippen molar-refractivity contribution in [1.29, 1.82) is 0 Å². The number of rotatable bonds is 6. The molecule has 1 aliphatic rings.